The van der Waals surface area contributed by atoms with Crippen LogP contribution in [0.4, 0.5) is 0 Å². The van der Waals surface area contributed by atoms with E-state index in [0.717, 1.165) is 36.8 Å². The Morgan fingerprint density at radius 2 is 1.54 bits per heavy atom. The molecule has 5 aliphatic rings. The molecule has 1 saturated heterocycles. The van der Waals surface area contributed by atoms with Crippen molar-refractivity contribution in [3.63, 3.8) is 0 Å². The maximum atomic E-state index is 13.9. The van der Waals surface area contributed by atoms with Crippen LogP contribution in [0.25, 0.3) is 11.1 Å². The van der Waals surface area contributed by atoms with Gasteiger partial charge < -0.3 is 52.1 Å². The maximum Gasteiger partial charge on any atom is 0.481 e. The summed E-state index contributed by atoms with van der Waals surface area (Å²) in [5.41, 5.74) is 12.7. The number of aryl methyl sites for hydroxylation is 1. The van der Waals surface area contributed by atoms with Crippen molar-refractivity contribution in [2.45, 2.75) is 168 Å². The van der Waals surface area contributed by atoms with E-state index in [9.17, 15) is 28.8 Å². The van der Waals surface area contributed by atoms with E-state index >= 15 is 0 Å². The van der Waals surface area contributed by atoms with Crippen LogP contribution in [0.15, 0.2) is 48.5 Å². The molecule has 10 N–H and O–H groups in total. The van der Waals surface area contributed by atoms with Crippen molar-refractivity contribution in [1.82, 2.24) is 31.9 Å². The molecule has 2 aromatic carbocycles. The minimum absolute atomic E-state index is 0.0117. The molecule has 0 spiro atoms. The fourth-order valence-corrected chi connectivity index (χ4v) is 10.8. The lowest BCUT2D eigenvalue weighted by atomic mass is 9.43. The fourth-order valence-electron chi connectivity index (χ4n) is 10.8. The molecule has 7 rings (SSSR count). The molecule has 2 aromatic rings. The van der Waals surface area contributed by atoms with E-state index in [1.807, 2.05) is 24.3 Å². The van der Waals surface area contributed by atoms with Gasteiger partial charge in [-0.1, -0.05) is 90.8 Å². The average Bonchev–Trinajstić information content (AvgIpc) is 3.95. The number of hydrogen-bond donors (Lipinski definition) is 8. The van der Waals surface area contributed by atoms with Crippen LogP contribution in [0.5, 0.6) is 0 Å². The minimum atomic E-state index is -1.63. The monoisotopic (exact) mass is 985 g/mol. The molecule has 390 valence electrons. The second kappa shape index (κ2) is 23.3. The molecule has 4 aliphatic carbocycles. The van der Waals surface area contributed by atoms with Gasteiger partial charge in [0.2, 0.25) is 29.5 Å². The number of carbonyl (C=O) groups is 6. The summed E-state index contributed by atoms with van der Waals surface area (Å²) < 4.78 is 18.7. The molecule has 4 saturated carbocycles. The molecule has 10 atom stereocenters. The highest BCUT2D eigenvalue weighted by atomic mass is 16.7. The predicted octanol–water partition coefficient (Wildman–Crippen LogP) is 4.05. The molecule has 1 aliphatic heterocycles. The van der Waals surface area contributed by atoms with Gasteiger partial charge >= 0.3 is 7.12 Å². The van der Waals surface area contributed by atoms with Crippen LogP contribution in [0.3, 0.4) is 0 Å². The third-order valence-corrected chi connectivity index (χ3v) is 15.7. The first kappa shape index (κ1) is 55.4. The van der Waals surface area contributed by atoms with Gasteiger partial charge in [0.05, 0.1) is 42.9 Å². The summed E-state index contributed by atoms with van der Waals surface area (Å²) >= 11 is 0. The number of nitrogens with two attached hydrogens (primary N) is 2. The van der Waals surface area contributed by atoms with E-state index in [1.165, 1.54) is 18.9 Å². The van der Waals surface area contributed by atoms with Gasteiger partial charge in [-0.3, -0.25) is 34.1 Å². The Morgan fingerprint density at radius 3 is 2.14 bits per heavy atom. The van der Waals surface area contributed by atoms with Crippen LogP contribution < -0.4 is 43.4 Å². The van der Waals surface area contributed by atoms with Crippen LogP contribution >= 0.6 is 0 Å². The van der Waals surface area contributed by atoms with Crippen molar-refractivity contribution in [1.29, 1.82) is 0 Å². The summed E-state index contributed by atoms with van der Waals surface area (Å²) in [6.07, 6.45) is 7.53. The van der Waals surface area contributed by atoms with Gasteiger partial charge in [-0.05, 0) is 130 Å². The molecule has 6 amide bonds. The first-order chi connectivity index (χ1) is 33.5. The van der Waals surface area contributed by atoms with Gasteiger partial charge in [-0.2, -0.15) is 0 Å². The largest absolute Gasteiger partial charge is 0.481 e. The van der Waals surface area contributed by atoms with Crippen LogP contribution in [-0.4, -0.2) is 110 Å². The molecule has 71 heavy (non-hydrogen) atoms. The van der Waals surface area contributed by atoms with Crippen molar-refractivity contribution in [2.24, 2.45) is 40.1 Å². The number of carbonyl (C=O) groups excluding carboxylic acids is 6. The first-order valence-electron chi connectivity index (χ1n) is 25.9. The zero-order valence-electron chi connectivity index (χ0n) is 43.5. The van der Waals surface area contributed by atoms with Gasteiger partial charge in [0.15, 0.2) is 0 Å². The highest BCUT2D eigenvalue weighted by molar-refractivity contribution is 6.47. The number of primary amides is 1. The number of amides is 6. The Morgan fingerprint density at radius 1 is 0.859 bits per heavy atom. The molecular weight excluding hydrogens is 903 g/mol. The Bertz CT molecular complexity index is 2210. The third kappa shape index (κ3) is 13.0. The minimum Gasteiger partial charge on any atom is -0.404 e. The summed E-state index contributed by atoms with van der Waals surface area (Å²) in [4.78, 5) is 80.8. The predicted molar refractivity (Wildman–Crippen MR) is 273 cm³/mol. The zero-order chi connectivity index (χ0) is 51.9. The van der Waals surface area contributed by atoms with E-state index in [0.29, 0.717) is 62.8 Å². The third-order valence-electron chi connectivity index (χ3n) is 15.7. The topological polar surface area (TPSA) is 254 Å². The van der Waals surface area contributed by atoms with Crippen molar-refractivity contribution in [2.75, 3.05) is 26.4 Å². The summed E-state index contributed by atoms with van der Waals surface area (Å²) in [5, 5.41) is 17.3. The molecule has 1 heterocycles. The number of unbranched alkanes of at least 4 members (excludes halogenated alkanes) is 2. The summed E-state index contributed by atoms with van der Waals surface area (Å²) in [5.74, 6) is -3.97. The quantitative estimate of drug-likeness (QED) is 0.0379. The number of ether oxygens (including phenoxy) is 1. The van der Waals surface area contributed by atoms with Crippen molar-refractivity contribution < 1.29 is 42.8 Å². The van der Waals surface area contributed by atoms with Gasteiger partial charge in [0.25, 0.3) is 5.91 Å². The second-order valence-electron chi connectivity index (χ2n) is 22.3. The molecule has 18 heteroatoms. The summed E-state index contributed by atoms with van der Waals surface area (Å²) in [7, 11) is -0.723. The molecule has 2 bridgehead atoms. The number of nitrogens with one attached hydrogen (secondary N) is 6. The van der Waals surface area contributed by atoms with E-state index in [4.69, 9.17) is 25.5 Å². The van der Waals surface area contributed by atoms with Gasteiger partial charge in [0.1, 0.15) is 17.6 Å². The highest BCUT2D eigenvalue weighted by Gasteiger charge is 2.69. The number of rotatable bonds is 26. The molecule has 0 aromatic heterocycles. The van der Waals surface area contributed by atoms with Crippen molar-refractivity contribution in [3.05, 3.63) is 59.7 Å². The Hall–Kier alpha value is -4.88. The maximum absolute atomic E-state index is 13.9. The lowest BCUT2D eigenvalue weighted by Gasteiger charge is -2.64. The highest BCUT2D eigenvalue weighted by Crippen LogP contribution is 2.65. The Labute approximate surface area is 421 Å². The van der Waals surface area contributed by atoms with E-state index in [-0.39, 0.29) is 30.6 Å². The average molecular weight is 985 g/mol. The van der Waals surface area contributed by atoms with Crippen LogP contribution in [-0.2, 0) is 44.4 Å². The van der Waals surface area contributed by atoms with Crippen LogP contribution in [0.2, 0.25) is 0 Å². The number of benzene rings is 2. The summed E-state index contributed by atoms with van der Waals surface area (Å²) in [6, 6.07) is 13.1. The van der Waals surface area contributed by atoms with Gasteiger partial charge in [-0.15, -0.1) is 0 Å². The molecule has 0 radical (unpaired) electrons. The molecule has 17 nitrogen and oxygen atoms in total. The SMILES string of the molecule is CCCCc1ccc(-c2ccc(C(=O)NCCCOCN[C@@H](CCCCN)C(=O)N[C@H](C(=O)N[C@@H](C)C(=O)NC3(C(=O)N[C@@H](C)B4OC5C[C@@H]6C[C@@H](C6(C)C)[C@]5(C)O4)C[C@H]3C(N)=O)C(C)(C)C)cc2)cc1. The molecular formula is C53H81BN8O9. The van der Waals surface area contributed by atoms with Crippen molar-refractivity contribution >= 4 is 42.6 Å². The van der Waals surface area contributed by atoms with Crippen LogP contribution in [0, 0.1) is 28.6 Å². The lowest BCUT2D eigenvalue weighted by molar-refractivity contribution is -0.199. The van der Waals surface area contributed by atoms with E-state index < -0.39 is 83.2 Å². The number of hydrogen-bond acceptors (Lipinski definition) is 11. The normalized spacial score (nSPS) is 25.6. The standard InChI is InChI=1S/C53H81BN8O9/c1-10-11-15-34-17-19-35(20-18-34)36-21-23-37(24-22-36)46(65)57-26-14-27-69-31-58-40(16-12-13-25-55)47(66)61-43(50(4,5)6)48(67)59-32(2)45(64)62-53(30-39(53)44(56)63)49(68)60-33(3)54-70-42-29-38-28-41(51(38,7)8)52(42,9)71-54/h17-24,32-33,38-43,58H,10-16,25-31,55H2,1-9H3,(H2,56,63)(H,57,65)(H,59,67)(H,60,68)(H,61,66)(H,62,64)/t32-,33-,38-,39-,40-,41-,42?,43+,52-,53?/m0/s1. The van der Waals surface area contributed by atoms with E-state index in [1.54, 1.807) is 27.7 Å². The molecule has 5 fully saturated rings. The van der Waals surface area contributed by atoms with Gasteiger partial charge in [0, 0.05) is 12.1 Å². The smallest absolute Gasteiger partial charge is 0.404 e. The zero-order valence-corrected chi connectivity index (χ0v) is 43.5. The lowest BCUT2D eigenvalue weighted by Crippen LogP contribution is -2.65. The van der Waals surface area contributed by atoms with Crippen LogP contribution in [0.1, 0.15) is 136 Å². The fraction of sp³-hybridized carbons (Fsp3) is 0.660. The summed E-state index contributed by atoms with van der Waals surface area (Å²) in [6.45, 7) is 18.6. The second-order valence-corrected chi connectivity index (χ2v) is 22.3. The Balaban J connectivity index is 0.955. The Kier molecular flexibility index (Phi) is 18.2. The first-order valence-corrected chi connectivity index (χ1v) is 25.9. The molecule has 2 unspecified atom stereocenters. The van der Waals surface area contributed by atoms with Gasteiger partial charge in [-0.25, -0.2) is 0 Å². The van der Waals surface area contributed by atoms with E-state index in [2.05, 4.69) is 83.9 Å². The van der Waals surface area contributed by atoms with Crippen molar-refractivity contribution in [3.8, 4) is 11.1 Å².